The van der Waals surface area contributed by atoms with Crippen LogP contribution in [0.15, 0.2) is 24.4 Å². The Bertz CT molecular complexity index is 722. The predicted octanol–water partition coefficient (Wildman–Crippen LogP) is 5.73. The van der Waals surface area contributed by atoms with Crippen LogP contribution in [0.5, 0.6) is 0 Å². The first-order valence-electron chi connectivity index (χ1n) is 10.4. The van der Waals surface area contributed by atoms with Crippen molar-refractivity contribution in [2.45, 2.75) is 53.5 Å². The Morgan fingerprint density at radius 3 is 2.31 bits per heavy atom. The van der Waals surface area contributed by atoms with Crippen LogP contribution in [0.25, 0.3) is 0 Å². The Morgan fingerprint density at radius 1 is 1.17 bits per heavy atom. The Labute approximate surface area is 184 Å². The number of carbonyl (C=O) groups excluding carboxylic acids is 1. The SMILES string of the molecule is CC.CC.CCN1CCC(NC(=O)c2[nH]ncc2Nc2c(Cl)cccc2Cl)CC1. The molecule has 0 aliphatic carbocycles. The van der Waals surface area contributed by atoms with Crippen molar-refractivity contribution in [1.29, 1.82) is 0 Å². The molecule has 1 fully saturated rings. The molecule has 162 valence electrons. The molecule has 1 aliphatic heterocycles. The number of rotatable bonds is 5. The summed E-state index contributed by atoms with van der Waals surface area (Å²) in [6, 6.07) is 5.41. The number of halogens is 2. The molecular formula is C21H33Cl2N5O. The van der Waals surface area contributed by atoms with Crippen LogP contribution in [0.2, 0.25) is 10.0 Å². The molecule has 0 radical (unpaired) electrons. The first kappa shape index (κ1) is 25.3. The molecule has 6 nitrogen and oxygen atoms in total. The third-order valence-electron chi connectivity index (χ3n) is 4.46. The van der Waals surface area contributed by atoms with Crippen molar-refractivity contribution in [1.82, 2.24) is 20.4 Å². The van der Waals surface area contributed by atoms with E-state index < -0.39 is 0 Å². The van der Waals surface area contributed by atoms with Gasteiger partial charge in [0.15, 0.2) is 0 Å². The molecule has 0 bridgehead atoms. The fourth-order valence-corrected chi connectivity index (χ4v) is 3.45. The van der Waals surface area contributed by atoms with Crippen LogP contribution < -0.4 is 10.6 Å². The quantitative estimate of drug-likeness (QED) is 0.553. The number of carbonyl (C=O) groups is 1. The molecule has 2 heterocycles. The molecule has 8 heteroatoms. The molecule has 3 N–H and O–H groups in total. The number of hydrogen-bond acceptors (Lipinski definition) is 4. The topological polar surface area (TPSA) is 73.0 Å². The highest BCUT2D eigenvalue weighted by Gasteiger charge is 2.22. The van der Waals surface area contributed by atoms with Crippen molar-refractivity contribution in [2.75, 3.05) is 25.0 Å². The van der Waals surface area contributed by atoms with Gasteiger partial charge in [0.2, 0.25) is 0 Å². The zero-order valence-corrected chi connectivity index (χ0v) is 19.5. The molecule has 1 aromatic heterocycles. The van der Waals surface area contributed by atoms with Crippen LogP contribution in [-0.4, -0.2) is 46.7 Å². The number of aromatic amines is 1. The van der Waals surface area contributed by atoms with E-state index in [9.17, 15) is 4.79 Å². The lowest BCUT2D eigenvalue weighted by atomic mass is 10.0. The van der Waals surface area contributed by atoms with Gasteiger partial charge < -0.3 is 15.5 Å². The molecule has 3 rings (SSSR count). The standard InChI is InChI=1S/C17H21Cl2N5O.2C2H6/c1-2-24-8-6-11(7-9-24)21-17(25)16-14(10-20-23-16)22-15-12(18)4-3-5-13(15)19;2*1-2/h3-5,10-11,22H,2,6-9H2,1H3,(H,20,23)(H,21,25);2*1-2H3. The van der Waals surface area contributed by atoms with Gasteiger partial charge in [0.25, 0.3) is 5.91 Å². The van der Waals surface area contributed by atoms with E-state index >= 15 is 0 Å². The molecule has 0 saturated carbocycles. The van der Waals surface area contributed by atoms with Crippen LogP contribution in [0.3, 0.4) is 0 Å². The van der Waals surface area contributed by atoms with Gasteiger partial charge in [-0.05, 0) is 31.5 Å². The summed E-state index contributed by atoms with van der Waals surface area (Å²) in [7, 11) is 0. The summed E-state index contributed by atoms with van der Waals surface area (Å²) in [5.74, 6) is -0.182. The molecule has 0 spiro atoms. The maximum atomic E-state index is 12.6. The molecule has 0 atom stereocenters. The Kier molecular flexibility index (Phi) is 11.7. The van der Waals surface area contributed by atoms with E-state index in [1.807, 2.05) is 27.7 Å². The van der Waals surface area contributed by atoms with E-state index in [0.717, 1.165) is 32.5 Å². The number of nitrogens with one attached hydrogen (secondary N) is 3. The first-order valence-corrected chi connectivity index (χ1v) is 11.1. The maximum absolute atomic E-state index is 12.6. The normalized spacial score (nSPS) is 14.2. The highest BCUT2D eigenvalue weighted by Crippen LogP contribution is 2.33. The van der Waals surface area contributed by atoms with Crippen LogP contribution in [0, 0.1) is 0 Å². The maximum Gasteiger partial charge on any atom is 0.271 e. The number of anilines is 2. The highest BCUT2D eigenvalue weighted by atomic mass is 35.5. The second-order valence-corrected chi connectivity index (χ2v) is 6.88. The van der Waals surface area contributed by atoms with E-state index in [1.165, 1.54) is 0 Å². The Balaban J connectivity index is 0.000000989. The number of H-pyrrole nitrogens is 1. The van der Waals surface area contributed by atoms with Gasteiger partial charge in [0, 0.05) is 19.1 Å². The van der Waals surface area contributed by atoms with Crippen molar-refractivity contribution >= 4 is 40.5 Å². The molecule has 1 amide bonds. The molecule has 0 unspecified atom stereocenters. The van der Waals surface area contributed by atoms with E-state index in [0.29, 0.717) is 27.1 Å². The Morgan fingerprint density at radius 2 is 1.76 bits per heavy atom. The summed E-state index contributed by atoms with van der Waals surface area (Å²) in [5, 5.41) is 13.9. The second-order valence-electron chi connectivity index (χ2n) is 6.06. The zero-order chi connectivity index (χ0) is 21.8. The third kappa shape index (κ3) is 7.21. The van der Waals surface area contributed by atoms with Gasteiger partial charge in [0.1, 0.15) is 5.69 Å². The van der Waals surface area contributed by atoms with Crippen LogP contribution >= 0.6 is 23.2 Å². The molecule has 1 aromatic carbocycles. The fourth-order valence-electron chi connectivity index (χ4n) is 2.96. The van der Waals surface area contributed by atoms with Crippen molar-refractivity contribution in [2.24, 2.45) is 0 Å². The molecule has 1 saturated heterocycles. The summed E-state index contributed by atoms with van der Waals surface area (Å²) in [5.41, 5.74) is 1.46. The minimum absolute atomic E-state index is 0.176. The summed E-state index contributed by atoms with van der Waals surface area (Å²) >= 11 is 12.4. The van der Waals surface area contributed by atoms with Gasteiger partial charge in [-0.2, -0.15) is 5.10 Å². The first-order chi connectivity index (χ1) is 14.1. The number of para-hydroxylation sites is 1. The summed E-state index contributed by atoms with van der Waals surface area (Å²) in [6.07, 6.45) is 3.45. The average molecular weight is 442 g/mol. The highest BCUT2D eigenvalue weighted by molar-refractivity contribution is 6.39. The number of aromatic nitrogens is 2. The number of piperidine rings is 1. The average Bonchev–Trinajstić information content (AvgIpc) is 3.23. The van der Waals surface area contributed by atoms with Crippen molar-refractivity contribution in [3.05, 3.63) is 40.1 Å². The zero-order valence-electron chi connectivity index (χ0n) is 18.0. The summed E-state index contributed by atoms with van der Waals surface area (Å²) in [4.78, 5) is 15.0. The smallest absolute Gasteiger partial charge is 0.271 e. The van der Waals surface area contributed by atoms with Crippen molar-refractivity contribution in [3.8, 4) is 0 Å². The van der Waals surface area contributed by atoms with Gasteiger partial charge in [0.05, 0.1) is 27.6 Å². The lowest BCUT2D eigenvalue weighted by Gasteiger charge is -2.31. The van der Waals surface area contributed by atoms with Gasteiger partial charge >= 0.3 is 0 Å². The Hall–Kier alpha value is -1.76. The third-order valence-corrected chi connectivity index (χ3v) is 5.09. The van der Waals surface area contributed by atoms with Crippen molar-refractivity contribution in [3.63, 3.8) is 0 Å². The van der Waals surface area contributed by atoms with E-state index in [4.69, 9.17) is 23.2 Å². The van der Waals surface area contributed by atoms with Crippen LogP contribution in [0.1, 0.15) is 57.9 Å². The fraction of sp³-hybridized carbons (Fsp3) is 0.524. The van der Waals surface area contributed by atoms with Gasteiger partial charge in [-0.25, -0.2) is 0 Å². The largest absolute Gasteiger partial charge is 0.350 e. The number of likely N-dealkylation sites (tertiary alicyclic amines) is 1. The second kappa shape index (κ2) is 13.5. The van der Waals surface area contributed by atoms with Crippen LogP contribution in [-0.2, 0) is 0 Å². The predicted molar refractivity (Wildman–Crippen MR) is 124 cm³/mol. The number of hydrogen-bond donors (Lipinski definition) is 3. The monoisotopic (exact) mass is 441 g/mol. The van der Waals surface area contributed by atoms with E-state index in [1.54, 1.807) is 24.4 Å². The summed E-state index contributed by atoms with van der Waals surface area (Å²) in [6.45, 7) is 13.2. The van der Waals surface area contributed by atoms with E-state index in [2.05, 4.69) is 32.7 Å². The summed E-state index contributed by atoms with van der Waals surface area (Å²) < 4.78 is 0. The van der Waals surface area contributed by atoms with Gasteiger partial charge in [-0.1, -0.05) is 63.9 Å². The lowest BCUT2D eigenvalue weighted by Crippen LogP contribution is -2.44. The van der Waals surface area contributed by atoms with Gasteiger partial charge in [-0.3, -0.25) is 9.89 Å². The molecule has 29 heavy (non-hydrogen) atoms. The molecular weight excluding hydrogens is 409 g/mol. The lowest BCUT2D eigenvalue weighted by molar-refractivity contribution is 0.0908. The van der Waals surface area contributed by atoms with E-state index in [-0.39, 0.29) is 11.9 Å². The minimum Gasteiger partial charge on any atom is -0.350 e. The minimum atomic E-state index is -0.182. The van der Waals surface area contributed by atoms with Crippen LogP contribution in [0.4, 0.5) is 11.4 Å². The van der Waals surface area contributed by atoms with Gasteiger partial charge in [-0.15, -0.1) is 0 Å². The molecule has 1 aliphatic rings. The van der Waals surface area contributed by atoms with Crippen molar-refractivity contribution < 1.29 is 4.79 Å². The number of benzene rings is 1. The molecule has 2 aromatic rings. The number of amides is 1. The number of nitrogens with zero attached hydrogens (tertiary/aromatic N) is 2.